The van der Waals surface area contributed by atoms with E-state index in [1.165, 1.54) is 141 Å². The van der Waals surface area contributed by atoms with Gasteiger partial charge in [-0.25, -0.2) is 9.48 Å². The van der Waals surface area contributed by atoms with Gasteiger partial charge in [0.2, 0.25) is 11.7 Å². The Kier molecular flexibility index (Phi) is 24.6. The van der Waals surface area contributed by atoms with Gasteiger partial charge in [0.1, 0.15) is 6.20 Å². The summed E-state index contributed by atoms with van der Waals surface area (Å²) in [5, 5.41) is 3.27. The standard InChI is InChI=1S/C38H69N3O/c1-5-7-9-11-13-15-17-19-21-22-24-26-28-30-32-37-39-34-35-41(37,4)36(3)40-38(42)33-31-29-27-25-23-20-18-16-14-12-10-8-6-2/h15-18,34-36H,5-14,19-33H2,1-4H3/p+1/b17-15-,18-16-. The number of carbonyl (C=O) groups is 1. The Balaban J connectivity index is 2.07. The number of nitrogens with one attached hydrogen (secondary N) is 1. The number of nitrogens with zero attached hydrogens (tertiary/aromatic N) is 2. The van der Waals surface area contributed by atoms with Crippen molar-refractivity contribution in [2.24, 2.45) is 4.99 Å². The van der Waals surface area contributed by atoms with Gasteiger partial charge < -0.3 is 5.32 Å². The Morgan fingerprint density at radius 2 is 1.12 bits per heavy atom. The third-order valence-electron chi connectivity index (χ3n) is 8.91. The SMILES string of the molecule is CCCCCC/C=C\CCCCCCCCC1=NC=C[N+]1(C)C(C)NC(=O)CCCCCCC/C=C\CCCCCC. The third-order valence-corrected chi connectivity index (χ3v) is 8.91. The maximum absolute atomic E-state index is 12.7. The van der Waals surface area contributed by atoms with Crippen LogP contribution in [0.1, 0.15) is 181 Å². The monoisotopic (exact) mass is 585 g/mol. The molecule has 0 aromatic rings. The van der Waals surface area contributed by atoms with Crippen molar-refractivity contribution >= 4 is 11.7 Å². The summed E-state index contributed by atoms with van der Waals surface area (Å²) in [6.45, 7) is 6.66. The molecule has 0 saturated heterocycles. The van der Waals surface area contributed by atoms with E-state index in [1.54, 1.807) is 0 Å². The number of hydrogen-bond donors (Lipinski definition) is 1. The first-order chi connectivity index (χ1) is 20.5. The smallest absolute Gasteiger partial charge is 0.224 e. The van der Waals surface area contributed by atoms with E-state index in [9.17, 15) is 4.79 Å². The summed E-state index contributed by atoms with van der Waals surface area (Å²) in [7, 11) is 2.18. The quantitative estimate of drug-likeness (QED) is 0.0530. The second kappa shape index (κ2) is 26.9. The van der Waals surface area contributed by atoms with Crippen molar-refractivity contribution < 1.29 is 9.28 Å². The maximum atomic E-state index is 12.7. The van der Waals surface area contributed by atoms with Crippen molar-refractivity contribution in [2.45, 2.75) is 187 Å². The van der Waals surface area contributed by atoms with Crippen LogP contribution in [-0.4, -0.2) is 29.4 Å². The molecule has 1 rings (SSSR count). The fraction of sp³-hybridized carbons (Fsp3) is 0.789. The van der Waals surface area contributed by atoms with Crippen LogP contribution in [0.4, 0.5) is 0 Å². The molecule has 0 aromatic heterocycles. The van der Waals surface area contributed by atoms with E-state index in [1.807, 2.05) is 6.20 Å². The van der Waals surface area contributed by atoms with Gasteiger partial charge >= 0.3 is 0 Å². The van der Waals surface area contributed by atoms with Crippen molar-refractivity contribution in [1.29, 1.82) is 0 Å². The van der Waals surface area contributed by atoms with Gasteiger partial charge in [-0.1, -0.05) is 122 Å². The van der Waals surface area contributed by atoms with Crippen LogP contribution in [0.3, 0.4) is 0 Å². The van der Waals surface area contributed by atoms with Gasteiger partial charge in [0.05, 0.1) is 13.2 Å². The van der Waals surface area contributed by atoms with Crippen LogP contribution < -0.4 is 5.32 Å². The van der Waals surface area contributed by atoms with Crippen molar-refractivity contribution in [1.82, 2.24) is 5.32 Å². The Morgan fingerprint density at radius 3 is 1.62 bits per heavy atom. The average molecular weight is 585 g/mol. The highest BCUT2D eigenvalue weighted by Gasteiger charge is 2.36. The summed E-state index contributed by atoms with van der Waals surface area (Å²) >= 11 is 0. The highest BCUT2D eigenvalue weighted by Crippen LogP contribution is 2.22. The Morgan fingerprint density at radius 1 is 0.690 bits per heavy atom. The first kappa shape index (κ1) is 38.3. The summed E-state index contributed by atoms with van der Waals surface area (Å²) < 4.78 is 0.614. The van der Waals surface area contributed by atoms with Gasteiger partial charge in [-0.15, -0.1) is 0 Å². The first-order valence-corrected chi connectivity index (χ1v) is 18.2. The van der Waals surface area contributed by atoms with Crippen LogP contribution in [0.2, 0.25) is 0 Å². The normalized spacial score (nSPS) is 17.5. The van der Waals surface area contributed by atoms with E-state index in [2.05, 4.69) is 63.6 Å². The predicted molar refractivity (Wildman–Crippen MR) is 185 cm³/mol. The topological polar surface area (TPSA) is 41.5 Å². The van der Waals surface area contributed by atoms with E-state index in [-0.39, 0.29) is 12.1 Å². The van der Waals surface area contributed by atoms with Gasteiger partial charge in [-0.05, 0) is 64.2 Å². The molecular weight excluding hydrogens is 514 g/mol. The number of allylic oxidation sites excluding steroid dienone is 4. The van der Waals surface area contributed by atoms with E-state index in [0.717, 1.165) is 19.3 Å². The number of unbranched alkanes of at least 4 members (excludes halogenated alkanes) is 19. The molecule has 4 nitrogen and oxygen atoms in total. The molecular formula is C38H70N3O+. The minimum atomic E-state index is 0.0171. The van der Waals surface area contributed by atoms with Crippen molar-refractivity contribution in [2.75, 3.05) is 7.05 Å². The molecule has 1 aliphatic rings. The van der Waals surface area contributed by atoms with Gasteiger partial charge in [0, 0.05) is 19.8 Å². The molecule has 1 aliphatic heterocycles. The lowest BCUT2D eigenvalue weighted by Crippen LogP contribution is -2.57. The zero-order valence-electron chi connectivity index (χ0n) is 28.5. The lowest BCUT2D eigenvalue weighted by Gasteiger charge is -2.34. The maximum Gasteiger partial charge on any atom is 0.224 e. The molecule has 4 heteroatoms. The van der Waals surface area contributed by atoms with Crippen molar-refractivity contribution in [3.63, 3.8) is 0 Å². The van der Waals surface area contributed by atoms with Gasteiger partial charge in [-0.2, -0.15) is 0 Å². The lowest BCUT2D eigenvalue weighted by atomic mass is 10.1. The second-order valence-corrected chi connectivity index (χ2v) is 12.8. The van der Waals surface area contributed by atoms with Crippen LogP contribution in [0, 0.1) is 0 Å². The summed E-state index contributed by atoms with van der Waals surface area (Å²) in [5.74, 6) is 1.36. The zero-order valence-corrected chi connectivity index (χ0v) is 28.5. The number of amidine groups is 1. The molecule has 0 fully saturated rings. The number of hydrogen-bond acceptors (Lipinski definition) is 2. The molecule has 42 heavy (non-hydrogen) atoms. The molecule has 0 radical (unpaired) electrons. The third kappa shape index (κ3) is 19.5. The van der Waals surface area contributed by atoms with Crippen LogP contribution in [0.25, 0.3) is 0 Å². The van der Waals surface area contributed by atoms with Crippen LogP contribution in [0.5, 0.6) is 0 Å². The highest BCUT2D eigenvalue weighted by molar-refractivity contribution is 5.79. The Labute approximate surface area is 262 Å². The zero-order chi connectivity index (χ0) is 30.6. The number of carbonyl (C=O) groups excluding carboxylic acids is 1. The summed E-state index contributed by atoms with van der Waals surface area (Å²) in [4.78, 5) is 17.4. The van der Waals surface area contributed by atoms with Crippen molar-refractivity contribution in [3.05, 3.63) is 36.7 Å². The van der Waals surface area contributed by atoms with Gasteiger partial charge in [0.15, 0.2) is 6.17 Å². The average Bonchev–Trinajstić information content (AvgIpc) is 3.37. The molecule has 0 bridgehead atoms. The molecule has 1 N–H and O–H groups in total. The molecule has 0 saturated carbocycles. The molecule has 0 aliphatic carbocycles. The molecule has 0 spiro atoms. The van der Waals surface area contributed by atoms with E-state index in [4.69, 9.17) is 4.99 Å². The fourth-order valence-corrected chi connectivity index (χ4v) is 5.75. The number of aliphatic imine (C=N–C) groups is 1. The van der Waals surface area contributed by atoms with E-state index in [0.29, 0.717) is 10.9 Å². The van der Waals surface area contributed by atoms with Gasteiger partial charge in [0.25, 0.3) is 0 Å². The second-order valence-electron chi connectivity index (χ2n) is 12.8. The van der Waals surface area contributed by atoms with Crippen molar-refractivity contribution in [3.8, 4) is 0 Å². The van der Waals surface area contributed by atoms with Gasteiger partial charge in [-0.3, -0.25) is 4.79 Å². The molecule has 2 atom stereocenters. The minimum absolute atomic E-state index is 0.0171. The number of rotatable bonds is 29. The molecule has 2 unspecified atom stereocenters. The largest absolute Gasteiger partial charge is 0.306 e. The fourth-order valence-electron chi connectivity index (χ4n) is 5.75. The summed E-state index contributed by atoms with van der Waals surface area (Å²) in [5.41, 5.74) is 0. The summed E-state index contributed by atoms with van der Waals surface area (Å²) in [6.07, 6.45) is 44.7. The first-order valence-electron chi connectivity index (χ1n) is 18.2. The Bertz CT molecular complexity index is 768. The van der Waals surface area contributed by atoms with E-state index < -0.39 is 0 Å². The molecule has 1 heterocycles. The minimum Gasteiger partial charge on any atom is -0.306 e. The van der Waals surface area contributed by atoms with Crippen LogP contribution >= 0.6 is 0 Å². The lowest BCUT2D eigenvalue weighted by molar-refractivity contribution is -0.794. The summed E-state index contributed by atoms with van der Waals surface area (Å²) in [6, 6.07) is 0. The number of amides is 1. The number of quaternary nitrogens is 1. The van der Waals surface area contributed by atoms with Crippen LogP contribution in [-0.2, 0) is 4.79 Å². The van der Waals surface area contributed by atoms with E-state index >= 15 is 0 Å². The molecule has 1 amide bonds. The molecule has 242 valence electrons. The Hall–Kier alpha value is -1.68. The van der Waals surface area contributed by atoms with Crippen LogP contribution in [0.15, 0.2) is 41.7 Å². The predicted octanol–water partition coefficient (Wildman–Crippen LogP) is 11.7. The highest BCUT2D eigenvalue weighted by atomic mass is 16.1. The molecule has 0 aromatic carbocycles.